The normalized spacial score (nSPS) is 18.1. The van der Waals surface area contributed by atoms with E-state index < -0.39 is 0 Å². The van der Waals surface area contributed by atoms with Crippen molar-refractivity contribution in [2.75, 3.05) is 24.7 Å². The van der Waals surface area contributed by atoms with Crippen molar-refractivity contribution in [1.82, 2.24) is 10.3 Å². The summed E-state index contributed by atoms with van der Waals surface area (Å²) in [6.45, 7) is 2.03. The minimum Gasteiger partial charge on any atom is -0.378 e. The van der Waals surface area contributed by atoms with Gasteiger partial charge in [0.1, 0.15) is 5.70 Å². The zero-order valence-electron chi connectivity index (χ0n) is 15.5. The highest BCUT2D eigenvalue weighted by atomic mass is 32.2. The lowest BCUT2D eigenvalue weighted by molar-refractivity contribution is -0.116. The highest BCUT2D eigenvalue weighted by molar-refractivity contribution is 8.13. The number of carbonyl (C=O) groups is 1. The van der Waals surface area contributed by atoms with Crippen molar-refractivity contribution in [2.24, 2.45) is 10.1 Å². The standard InChI is InChI=1S/C20H21N5OS/c1-4-27-20-22-19(26)17-15-7-5-6-8-16(15)21-18(25(17)23-20)13-9-11-14(12-10-13)24(2)3/h5-12,18H,4H2,1-3H3,(H,22,23,26)/t18-/m1/s1. The Bertz CT molecular complexity index is 1030. The summed E-state index contributed by atoms with van der Waals surface area (Å²) in [6.07, 6.45) is -0.371. The summed E-state index contributed by atoms with van der Waals surface area (Å²) >= 11 is 1.51. The van der Waals surface area contributed by atoms with Gasteiger partial charge < -0.3 is 4.90 Å². The second-order valence-electron chi connectivity index (χ2n) is 6.49. The molecule has 2 aliphatic heterocycles. The number of anilines is 1. The molecule has 1 atom stereocenters. The lowest BCUT2D eigenvalue weighted by Crippen LogP contribution is -2.50. The van der Waals surface area contributed by atoms with Gasteiger partial charge in [-0.25, -0.2) is 5.01 Å². The third-order valence-electron chi connectivity index (χ3n) is 4.50. The minimum absolute atomic E-state index is 0.141. The molecule has 1 N–H and O–H groups in total. The first-order chi connectivity index (χ1) is 13.1. The number of hydrazone groups is 1. The summed E-state index contributed by atoms with van der Waals surface area (Å²) in [5.41, 5.74) is 2.65. The Morgan fingerprint density at radius 1 is 1.15 bits per heavy atom. The van der Waals surface area contributed by atoms with E-state index in [2.05, 4.69) is 22.3 Å². The van der Waals surface area contributed by atoms with Gasteiger partial charge in [-0.05, 0) is 29.5 Å². The van der Waals surface area contributed by atoms with Crippen LogP contribution in [0.4, 0.5) is 5.69 Å². The Hall–Kier alpha value is -2.80. The number of fused-ring (bicyclic) bond motifs is 2. The average Bonchev–Trinajstić information content (AvgIpc) is 2.67. The maximum absolute atomic E-state index is 12.9. The molecule has 2 aromatic rings. The number of hydrogen-bond acceptors (Lipinski definition) is 6. The zero-order valence-corrected chi connectivity index (χ0v) is 16.3. The molecule has 1 amide bonds. The van der Waals surface area contributed by atoms with Crippen LogP contribution < -0.4 is 20.8 Å². The average molecular weight is 379 g/mol. The van der Waals surface area contributed by atoms with Crippen LogP contribution in [0.15, 0.2) is 58.6 Å². The third kappa shape index (κ3) is 3.19. The fourth-order valence-corrected chi connectivity index (χ4v) is 3.77. The molecule has 7 heteroatoms. The number of benzene rings is 2. The largest absolute Gasteiger partial charge is 0.378 e. The molecular formula is C20H21N5OS. The molecule has 2 aromatic carbocycles. The Morgan fingerprint density at radius 3 is 2.59 bits per heavy atom. The van der Waals surface area contributed by atoms with E-state index in [1.807, 2.05) is 57.4 Å². The van der Waals surface area contributed by atoms with E-state index in [4.69, 9.17) is 10.1 Å². The Morgan fingerprint density at radius 2 is 1.89 bits per heavy atom. The number of para-hydroxylation sites is 1. The van der Waals surface area contributed by atoms with Gasteiger partial charge in [0.15, 0.2) is 11.3 Å². The van der Waals surface area contributed by atoms with Crippen molar-refractivity contribution in [3.63, 3.8) is 0 Å². The van der Waals surface area contributed by atoms with Crippen LogP contribution in [0.5, 0.6) is 0 Å². The van der Waals surface area contributed by atoms with Crippen LogP contribution in [0.1, 0.15) is 18.7 Å². The van der Waals surface area contributed by atoms with Crippen molar-refractivity contribution in [2.45, 2.75) is 13.1 Å². The summed E-state index contributed by atoms with van der Waals surface area (Å²) in [4.78, 5) is 19.8. The number of thioether (sulfide) groups is 1. The van der Waals surface area contributed by atoms with E-state index in [9.17, 15) is 4.79 Å². The molecule has 4 rings (SSSR count). The first-order valence-corrected chi connectivity index (χ1v) is 9.83. The molecule has 2 aliphatic rings. The predicted octanol–water partition coefficient (Wildman–Crippen LogP) is 1.65. The summed E-state index contributed by atoms with van der Waals surface area (Å²) in [5.74, 6) is 0.691. The van der Waals surface area contributed by atoms with Crippen molar-refractivity contribution >= 4 is 34.2 Å². The summed E-state index contributed by atoms with van der Waals surface area (Å²) in [5, 5.41) is 11.6. The first-order valence-electron chi connectivity index (χ1n) is 8.85. The molecule has 0 unspecified atom stereocenters. The zero-order chi connectivity index (χ0) is 19.0. The molecule has 0 fully saturated rings. The minimum atomic E-state index is -0.371. The Labute approximate surface area is 162 Å². The van der Waals surface area contributed by atoms with Crippen molar-refractivity contribution < 1.29 is 4.79 Å². The number of carbonyl (C=O) groups excluding carboxylic acids is 1. The van der Waals surface area contributed by atoms with E-state index in [0.29, 0.717) is 10.9 Å². The molecule has 0 saturated carbocycles. The van der Waals surface area contributed by atoms with Crippen LogP contribution in [-0.4, -0.2) is 35.9 Å². The van der Waals surface area contributed by atoms with E-state index in [-0.39, 0.29) is 12.1 Å². The molecule has 0 spiro atoms. The van der Waals surface area contributed by atoms with Crippen LogP contribution >= 0.6 is 11.8 Å². The number of rotatable bonds is 3. The molecule has 6 nitrogen and oxygen atoms in total. The van der Waals surface area contributed by atoms with Gasteiger partial charge in [0.2, 0.25) is 0 Å². The molecule has 0 radical (unpaired) electrons. The van der Waals surface area contributed by atoms with Crippen molar-refractivity contribution in [3.05, 3.63) is 64.7 Å². The second-order valence-corrected chi connectivity index (χ2v) is 7.74. The number of nitrogens with zero attached hydrogens (tertiary/aromatic N) is 4. The number of hydrogen-bond donors (Lipinski definition) is 1. The van der Waals surface area contributed by atoms with Gasteiger partial charge in [0.05, 0.1) is 5.36 Å². The van der Waals surface area contributed by atoms with Crippen LogP contribution in [0.25, 0.3) is 5.70 Å². The number of amides is 1. The molecule has 0 bridgehead atoms. The van der Waals surface area contributed by atoms with Crippen LogP contribution in [0.3, 0.4) is 0 Å². The van der Waals surface area contributed by atoms with Gasteiger partial charge in [-0.3, -0.25) is 15.1 Å². The summed E-state index contributed by atoms with van der Waals surface area (Å²) in [6, 6.07) is 15.9. The maximum atomic E-state index is 12.9. The number of nitrogens with one attached hydrogen (secondary N) is 1. The highest BCUT2D eigenvalue weighted by Crippen LogP contribution is 2.31. The molecule has 0 saturated heterocycles. The molecule has 27 heavy (non-hydrogen) atoms. The van der Waals surface area contributed by atoms with Crippen LogP contribution in [0, 0.1) is 0 Å². The topological polar surface area (TPSA) is 60.3 Å². The van der Waals surface area contributed by atoms with Gasteiger partial charge in [0.25, 0.3) is 5.91 Å². The van der Waals surface area contributed by atoms with Crippen LogP contribution in [0.2, 0.25) is 0 Å². The van der Waals surface area contributed by atoms with E-state index in [1.54, 1.807) is 5.01 Å². The smallest absolute Gasteiger partial charge is 0.276 e. The lowest BCUT2D eigenvalue weighted by atomic mass is 10.1. The van der Waals surface area contributed by atoms with Gasteiger partial charge in [0, 0.05) is 25.0 Å². The molecule has 2 heterocycles. The van der Waals surface area contributed by atoms with Gasteiger partial charge in [-0.1, -0.05) is 49.0 Å². The Balaban J connectivity index is 1.88. The maximum Gasteiger partial charge on any atom is 0.276 e. The van der Waals surface area contributed by atoms with Gasteiger partial charge >= 0.3 is 0 Å². The molecule has 138 valence electrons. The van der Waals surface area contributed by atoms with Crippen molar-refractivity contribution in [3.8, 4) is 0 Å². The predicted molar refractivity (Wildman–Crippen MR) is 110 cm³/mol. The van der Waals surface area contributed by atoms with E-state index >= 15 is 0 Å². The van der Waals surface area contributed by atoms with Crippen molar-refractivity contribution in [1.29, 1.82) is 0 Å². The lowest BCUT2D eigenvalue weighted by Gasteiger charge is -2.34. The summed E-state index contributed by atoms with van der Waals surface area (Å²) in [7, 11) is 4.02. The second kappa shape index (κ2) is 7.08. The van der Waals surface area contributed by atoms with E-state index in [1.165, 1.54) is 11.8 Å². The number of amidine groups is 1. The van der Waals surface area contributed by atoms with Crippen LogP contribution in [-0.2, 0) is 4.79 Å². The Kier molecular flexibility index (Phi) is 4.61. The first kappa shape index (κ1) is 17.6. The summed E-state index contributed by atoms with van der Waals surface area (Å²) < 4.78 is 0. The quantitative estimate of drug-likeness (QED) is 0.881. The molecule has 0 aromatic heterocycles. The molecular weight excluding hydrogens is 358 g/mol. The van der Waals surface area contributed by atoms with Gasteiger partial charge in [-0.2, -0.15) is 0 Å². The SMILES string of the molecule is CCSC1=NN2C(=c3ccccc3=N[C@H]2c2ccc(N(C)C)cc2)C(=O)N1. The monoisotopic (exact) mass is 379 g/mol. The van der Waals surface area contributed by atoms with E-state index in [0.717, 1.165) is 27.6 Å². The highest BCUT2D eigenvalue weighted by Gasteiger charge is 2.34. The van der Waals surface area contributed by atoms with Gasteiger partial charge in [-0.15, -0.1) is 5.10 Å². The fraction of sp³-hybridized carbons (Fsp3) is 0.250. The molecule has 0 aliphatic carbocycles. The third-order valence-corrected chi connectivity index (χ3v) is 5.25. The fourth-order valence-electron chi connectivity index (χ4n) is 3.19.